The Morgan fingerprint density at radius 2 is 1.47 bits per heavy atom. The summed E-state index contributed by atoms with van der Waals surface area (Å²) in [6, 6.07) is 24.3. The van der Waals surface area contributed by atoms with Gasteiger partial charge in [-0.2, -0.15) is 0 Å². The summed E-state index contributed by atoms with van der Waals surface area (Å²) in [4.78, 5) is 26.9. The second-order valence-electron chi connectivity index (χ2n) is 7.42. The van der Waals surface area contributed by atoms with Crippen LogP contribution in [-0.2, 0) is 22.5 Å². The molecular weight excluding hydrogens is 406 g/mol. The first-order chi connectivity index (χ1) is 15.7. The summed E-state index contributed by atoms with van der Waals surface area (Å²) in [5, 5.41) is 0. The second kappa shape index (κ2) is 10.5. The molecule has 0 unspecified atom stereocenters. The largest absolute Gasteiger partial charge is 0.490 e. The summed E-state index contributed by atoms with van der Waals surface area (Å²) < 4.78 is 16.6. The Labute approximate surface area is 187 Å². The third-order valence-electron chi connectivity index (χ3n) is 5.27. The molecule has 3 aromatic rings. The van der Waals surface area contributed by atoms with Crippen molar-refractivity contribution >= 4 is 11.9 Å². The van der Waals surface area contributed by atoms with Crippen LogP contribution in [-0.4, -0.2) is 43.1 Å². The van der Waals surface area contributed by atoms with Gasteiger partial charge in [0.05, 0.1) is 0 Å². The lowest BCUT2D eigenvalue weighted by atomic mass is 10.00. The van der Waals surface area contributed by atoms with E-state index in [0.29, 0.717) is 25.4 Å². The molecule has 1 aliphatic heterocycles. The molecule has 6 heteroatoms. The molecule has 6 nitrogen and oxygen atoms in total. The standard InChI is InChI=1S/C26H25NO5/c28-25(27-15-14-20-8-4-5-9-21(20)18-27)19-32-26(29)23-12-6-7-13-24(23)31-17-16-30-22-10-2-1-3-11-22/h1-13H,14-19H2. The first-order valence-corrected chi connectivity index (χ1v) is 10.6. The van der Waals surface area contributed by atoms with Crippen LogP contribution in [0.15, 0.2) is 78.9 Å². The number of carbonyl (C=O) groups is 2. The molecule has 1 aliphatic rings. The van der Waals surface area contributed by atoms with Crippen molar-refractivity contribution in [3.63, 3.8) is 0 Å². The summed E-state index contributed by atoms with van der Waals surface area (Å²) in [5.41, 5.74) is 2.68. The molecule has 164 valence electrons. The highest BCUT2D eigenvalue weighted by atomic mass is 16.5. The fourth-order valence-corrected chi connectivity index (χ4v) is 3.59. The van der Waals surface area contributed by atoms with Crippen LogP contribution in [0.4, 0.5) is 0 Å². The van der Waals surface area contributed by atoms with Gasteiger partial charge in [0.2, 0.25) is 0 Å². The van der Waals surface area contributed by atoms with Crippen molar-refractivity contribution in [2.45, 2.75) is 13.0 Å². The van der Waals surface area contributed by atoms with E-state index in [-0.39, 0.29) is 24.7 Å². The molecule has 0 atom stereocenters. The van der Waals surface area contributed by atoms with E-state index in [1.807, 2.05) is 48.5 Å². The number of nitrogens with zero attached hydrogens (tertiary/aromatic N) is 1. The van der Waals surface area contributed by atoms with Crippen molar-refractivity contribution in [2.75, 3.05) is 26.4 Å². The number of fused-ring (bicyclic) bond motifs is 1. The van der Waals surface area contributed by atoms with E-state index in [1.165, 1.54) is 5.56 Å². The lowest BCUT2D eigenvalue weighted by molar-refractivity contribution is -0.135. The number of ether oxygens (including phenoxy) is 3. The summed E-state index contributed by atoms with van der Waals surface area (Å²) in [6.45, 7) is 1.46. The van der Waals surface area contributed by atoms with Crippen LogP contribution in [0, 0.1) is 0 Å². The molecule has 0 bridgehead atoms. The first-order valence-electron chi connectivity index (χ1n) is 10.6. The Morgan fingerprint density at radius 1 is 0.781 bits per heavy atom. The van der Waals surface area contributed by atoms with Crippen molar-refractivity contribution < 1.29 is 23.8 Å². The average molecular weight is 431 g/mol. The van der Waals surface area contributed by atoms with Gasteiger partial charge >= 0.3 is 5.97 Å². The summed E-state index contributed by atoms with van der Waals surface area (Å²) in [7, 11) is 0. The Balaban J connectivity index is 1.27. The van der Waals surface area contributed by atoms with E-state index in [2.05, 4.69) is 6.07 Å². The predicted octanol–water partition coefficient (Wildman–Crippen LogP) is 3.89. The lowest BCUT2D eigenvalue weighted by Crippen LogP contribution is -2.38. The molecule has 32 heavy (non-hydrogen) atoms. The monoisotopic (exact) mass is 431 g/mol. The zero-order valence-electron chi connectivity index (χ0n) is 17.7. The molecule has 1 heterocycles. The fraction of sp³-hybridized carbons (Fsp3) is 0.231. The van der Waals surface area contributed by atoms with Gasteiger partial charge in [-0.05, 0) is 41.8 Å². The highest BCUT2D eigenvalue weighted by Gasteiger charge is 2.22. The minimum Gasteiger partial charge on any atom is -0.490 e. The molecule has 3 aromatic carbocycles. The van der Waals surface area contributed by atoms with Gasteiger partial charge in [-0.3, -0.25) is 4.79 Å². The number of esters is 1. The SMILES string of the molecule is O=C(OCC(=O)N1CCc2ccccc2C1)c1ccccc1OCCOc1ccccc1. The quantitative estimate of drug-likeness (QED) is 0.400. The Kier molecular flexibility index (Phi) is 7.02. The summed E-state index contributed by atoms with van der Waals surface area (Å²) >= 11 is 0. The van der Waals surface area contributed by atoms with Crippen LogP contribution >= 0.6 is 0 Å². The predicted molar refractivity (Wildman–Crippen MR) is 120 cm³/mol. The molecule has 0 aromatic heterocycles. The van der Waals surface area contributed by atoms with Gasteiger partial charge in [0.25, 0.3) is 5.91 Å². The molecule has 4 rings (SSSR count). The molecule has 1 amide bonds. The van der Waals surface area contributed by atoms with Gasteiger partial charge in [-0.15, -0.1) is 0 Å². The fourth-order valence-electron chi connectivity index (χ4n) is 3.59. The van der Waals surface area contributed by atoms with Gasteiger partial charge in [-0.25, -0.2) is 4.79 Å². The molecular formula is C26H25NO5. The highest BCUT2D eigenvalue weighted by molar-refractivity contribution is 5.94. The van der Waals surface area contributed by atoms with Gasteiger partial charge in [0.15, 0.2) is 6.61 Å². The first kappa shape index (κ1) is 21.4. The maximum atomic E-state index is 12.6. The van der Waals surface area contributed by atoms with E-state index in [9.17, 15) is 9.59 Å². The molecule has 0 saturated carbocycles. The Morgan fingerprint density at radius 3 is 2.31 bits per heavy atom. The van der Waals surface area contributed by atoms with Crippen molar-refractivity contribution in [2.24, 2.45) is 0 Å². The topological polar surface area (TPSA) is 65.1 Å². The van der Waals surface area contributed by atoms with Crippen LogP contribution in [0.2, 0.25) is 0 Å². The smallest absolute Gasteiger partial charge is 0.342 e. The highest BCUT2D eigenvalue weighted by Crippen LogP contribution is 2.21. The minimum atomic E-state index is -0.588. The molecule has 0 spiro atoms. The van der Waals surface area contributed by atoms with Gasteiger partial charge in [-0.1, -0.05) is 54.6 Å². The maximum Gasteiger partial charge on any atom is 0.342 e. The van der Waals surface area contributed by atoms with Crippen molar-refractivity contribution in [3.8, 4) is 11.5 Å². The van der Waals surface area contributed by atoms with Crippen molar-refractivity contribution in [1.82, 2.24) is 4.90 Å². The van der Waals surface area contributed by atoms with Crippen LogP contribution in [0.1, 0.15) is 21.5 Å². The zero-order chi connectivity index (χ0) is 22.2. The maximum absolute atomic E-state index is 12.6. The van der Waals surface area contributed by atoms with E-state index in [0.717, 1.165) is 17.7 Å². The number of benzene rings is 3. The number of hydrogen-bond acceptors (Lipinski definition) is 5. The number of amides is 1. The summed E-state index contributed by atoms with van der Waals surface area (Å²) in [6.07, 6.45) is 0.803. The lowest BCUT2D eigenvalue weighted by Gasteiger charge is -2.28. The van der Waals surface area contributed by atoms with E-state index in [1.54, 1.807) is 29.2 Å². The molecule has 0 radical (unpaired) electrons. The normalized spacial score (nSPS) is 12.6. The van der Waals surface area contributed by atoms with Crippen LogP contribution in [0.25, 0.3) is 0 Å². The van der Waals surface area contributed by atoms with E-state index < -0.39 is 5.97 Å². The van der Waals surface area contributed by atoms with E-state index >= 15 is 0 Å². The minimum absolute atomic E-state index is 0.206. The molecule has 0 saturated heterocycles. The molecule has 0 aliphatic carbocycles. The zero-order valence-corrected chi connectivity index (χ0v) is 17.7. The third-order valence-corrected chi connectivity index (χ3v) is 5.27. The number of rotatable bonds is 8. The number of carbonyl (C=O) groups excluding carboxylic acids is 2. The van der Waals surface area contributed by atoms with Crippen LogP contribution < -0.4 is 9.47 Å². The van der Waals surface area contributed by atoms with Gasteiger partial charge in [0, 0.05) is 13.1 Å². The Bertz CT molecular complexity index is 1070. The molecule has 0 fully saturated rings. The molecule has 0 N–H and O–H groups in total. The van der Waals surface area contributed by atoms with Crippen molar-refractivity contribution in [1.29, 1.82) is 0 Å². The van der Waals surface area contributed by atoms with Crippen molar-refractivity contribution in [3.05, 3.63) is 95.6 Å². The van der Waals surface area contributed by atoms with Gasteiger partial charge < -0.3 is 19.1 Å². The summed E-state index contributed by atoms with van der Waals surface area (Å²) in [5.74, 6) is 0.356. The Hall–Kier alpha value is -3.80. The van der Waals surface area contributed by atoms with Gasteiger partial charge in [0.1, 0.15) is 30.3 Å². The average Bonchev–Trinajstić information content (AvgIpc) is 2.85. The van der Waals surface area contributed by atoms with E-state index in [4.69, 9.17) is 14.2 Å². The third kappa shape index (κ3) is 5.46. The second-order valence-corrected chi connectivity index (χ2v) is 7.42. The van der Waals surface area contributed by atoms with Crippen LogP contribution in [0.3, 0.4) is 0 Å². The number of hydrogen-bond donors (Lipinski definition) is 0. The number of para-hydroxylation sites is 2. The van der Waals surface area contributed by atoms with Crippen LogP contribution in [0.5, 0.6) is 11.5 Å².